The van der Waals surface area contributed by atoms with E-state index in [0.717, 1.165) is 11.6 Å². The third-order valence-corrected chi connectivity index (χ3v) is 4.07. The van der Waals surface area contributed by atoms with Gasteiger partial charge in [0.15, 0.2) is 6.10 Å². The van der Waals surface area contributed by atoms with Crippen molar-refractivity contribution in [2.24, 2.45) is 0 Å². The van der Waals surface area contributed by atoms with Gasteiger partial charge in [0, 0.05) is 12.6 Å². The molecule has 142 valence electrons. The molecule has 1 amide bonds. The van der Waals surface area contributed by atoms with Crippen LogP contribution < -0.4 is 11.1 Å². The maximum absolute atomic E-state index is 12.2. The van der Waals surface area contributed by atoms with E-state index in [4.69, 9.17) is 10.5 Å². The highest BCUT2D eigenvalue weighted by Crippen LogP contribution is 2.23. The van der Waals surface area contributed by atoms with Crippen LogP contribution in [-0.4, -0.2) is 29.4 Å². The van der Waals surface area contributed by atoms with E-state index in [1.54, 1.807) is 0 Å². The molecule has 0 unspecified atom stereocenters. The van der Waals surface area contributed by atoms with Gasteiger partial charge in [0.25, 0.3) is 11.6 Å². The van der Waals surface area contributed by atoms with Crippen LogP contribution in [0.3, 0.4) is 0 Å². The molecule has 0 radical (unpaired) electrons. The average molecular weight is 371 g/mol. The number of nitrogens with zero attached hydrogens (tertiary/aromatic N) is 1. The number of hydrogen-bond acceptors (Lipinski definition) is 6. The molecule has 2 rings (SSSR count). The van der Waals surface area contributed by atoms with Crippen molar-refractivity contribution in [2.45, 2.75) is 25.9 Å². The minimum Gasteiger partial charge on any atom is -0.449 e. The maximum Gasteiger partial charge on any atom is 0.339 e. The fourth-order valence-corrected chi connectivity index (χ4v) is 2.41. The first-order chi connectivity index (χ1) is 12.8. The van der Waals surface area contributed by atoms with Crippen LogP contribution in [-0.2, 0) is 9.53 Å². The summed E-state index contributed by atoms with van der Waals surface area (Å²) in [6.07, 6.45) is -1.04. The van der Waals surface area contributed by atoms with Crippen molar-refractivity contribution in [3.8, 4) is 0 Å². The zero-order valence-corrected chi connectivity index (χ0v) is 15.0. The van der Waals surface area contributed by atoms with Gasteiger partial charge in [-0.25, -0.2) is 4.79 Å². The normalized spacial score (nSPS) is 12.7. The summed E-state index contributed by atoms with van der Waals surface area (Å²) in [6.45, 7) is 3.80. The quantitative estimate of drug-likeness (QED) is 0.334. The number of nitro benzene ring substituents is 1. The summed E-state index contributed by atoms with van der Waals surface area (Å²) in [5, 5.41) is 13.6. The second kappa shape index (κ2) is 8.79. The summed E-state index contributed by atoms with van der Waals surface area (Å²) in [4.78, 5) is 34.5. The van der Waals surface area contributed by atoms with Gasteiger partial charge in [-0.1, -0.05) is 37.3 Å². The molecule has 2 atom stereocenters. The molecule has 0 aliphatic carbocycles. The number of carbonyl (C=O) groups is 2. The van der Waals surface area contributed by atoms with E-state index in [-0.39, 0.29) is 17.2 Å². The molecule has 0 spiro atoms. The number of rotatable bonds is 7. The van der Waals surface area contributed by atoms with Gasteiger partial charge in [0.2, 0.25) is 0 Å². The summed E-state index contributed by atoms with van der Waals surface area (Å²) < 4.78 is 5.10. The minimum atomic E-state index is -1.04. The highest BCUT2D eigenvalue weighted by atomic mass is 16.6. The van der Waals surface area contributed by atoms with Crippen molar-refractivity contribution in [3.63, 3.8) is 0 Å². The number of carbonyl (C=O) groups excluding carboxylic acids is 2. The number of nitrogen functional groups attached to an aromatic ring is 1. The monoisotopic (exact) mass is 371 g/mol. The van der Waals surface area contributed by atoms with E-state index in [2.05, 4.69) is 5.32 Å². The Kier molecular flexibility index (Phi) is 6.48. The third kappa shape index (κ3) is 5.27. The van der Waals surface area contributed by atoms with Crippen molar-refractivity contribution >= 4 is 23.3 Å². The van der Waals surface area contributed by atoms with Crippen molar-refractivity contribution in [1.82, 2.24) is 5.32 Å². The number of nitro groups is 1. The minimum absolute atomic E-state index is 0.0480. The Morgan fingerprint density at radius 1 is 1.19 bits per heavy atom. The van der Waals surface area contributed by atoms with Crippen LogP contribution in [0, 0.1) is 10.1 Å². The Labute approximate surface area is 156 Å². The first-order valence-corrected chi connectivity index (χ1v) is 8.37. The first kappa shape index (κ1) is 19.9. The molecule has 8 nitrogen and oxygen atoms in total. The molecule has 0 aliphatic rings. The van der Waals surface area contributed by atoms with Gasteiger partial charge in [-0.15, -0.1) is 0 Å². The van der Waals surface area contributed by atoms with Gasteiger partial charge in [0.1, 0.15) is 5.69 Å². The summed E-state index contributed by atoms with van der Waals surface area (Å²) in [5.74, 6) is -1.19. The average Bonchev–Trinajstić information content (AvgIpc) is 2.66. The molecule has 0 fully saturated rings. The van der Waals surface area contributed by atoms with Crippen molar-refractivity contribution in [1.29, 1.82) is 0 Å². The van der Waals surface area contributed by atoms with Crippen LogP contribution in [0.4, 0.5) is 11.4 Å². The van der Waals surface area contributed by atoms with E-state index < -0.39 is 28.6 Å². The highest BCUT2D eigenvalue weighted by molar-refractivity contribution is 5.93. The molecule has 8 heteroatoms. The van der Waals surface area contributed by atoms with Crippen LogP contribution in [0.5, 0.6) is 0 Å². The zero-order valence-electron chi connectivity index (χ0n) is 15.0. The predicted molar refractivity (Wildman–Crippen MR) is 100 cm³/mol. The van der Waals surface area contributed by atoms with Gasteiger partial charge < -0.3 is 15.8 Å². The van der Waals surface area contributed by atoms with E-state index in [0.29, 0.717) is 6.54 Å². The molecule has 2 aromatic rings. The Hall–Kier alpha value is -3.42. The number of benzene rings is 2. The fraction of sp³-hybridized carbons (Fsp3) is 0.263. The highest BCUT2D eigenvalue weighted by Gasteiger charge is 2.22. The Bertz CT molecular complexity index is 838. The molecule has 0 saturated carbocycles. The molecule has 3 N–H and O–H groups in total. The van der Waals surface area contributed by atoms with Crippen LogP contribution >= 0.6 is 0 Å². The number of esters is 1. The van der Waals surface area contributed by atoms with Gasteiger partial charge >= 0.3 is 5.97 Å². The lowest BCUT2D eigenvalue weighted by molar-refractivity contribution is -0.383. The van der Waals surface area contributed by atoms with Crippen molar-refractivity contribution in [2.75, 3.05) is 12.3 Å². The smallest absolute Gasteiger partial charge is 0.339 e. The first-order valence-electron chi connectivity index (χ1n) is 8.37. The summed E-state index contributed by atoms with van der Waals surface area (Å²) in [7, 11) is 0. The van der Waals surface area contributed by atoms with Crippen LogP contribution in [0.2, 0.25) is 0 Å². The lowest BCUT2D eigenvalue weighted by Crippen LogP contribution is -2.37. The second-order valence-electron chi connectivity index (χ2n) is 6.14. The van der Waals surface area contributed by atoms with Crippen LogP contribution in [0.25, 0.3) is 0 Å². The third-order valence-electron chi connectivity index (χ3n) is 4.07. The number of ether oxygens (including phenoxy) is 1. The second-order valence-corrected chi connectivity index (χ2v) is 6.14. The number of hydrogen-bond donors (Lipinski definition) is 2. The Morgan fingerprint density at radius 2 is 1.85 bits per heavy atom. The largest absolute Gasteiger partial charge is 0.449 e. The van der Waals surface area contributed by atoms with E-state index in [9.17, 15) is 19.7 Å². The lowest BCUT2D eigenvalue weighted by Gasteiger charge is -2.16. The van der Waals surface area contributed by atoms with Gasteiger partial charge in [0.05, 0.1) is 10.5 Å². The van der Waals surface area contributed by atoms with Crippen molar-refractivity contribution < 1.29 is 19.2 Å². The fourth-order valence-electron chi connectivity index (χ4n) is 2.41. The molecular formula is C19H21N3O5. The maximum atomic E-state index is 12.2. The number of amides is 1. The summed E-state index contributed by atoms with van der Waals surface area (Å²) in [6, 6.07) is 13.3. The molecule has 0 saturated heterocycles. The molecule has 27 heavy (non-hydrogen) atoms. The van der Waals surface area contributed by atoms with E-state index in [1.807, 2.05) is 37.3 Å². The molecule has 2 aromatic carbocycles. The Morgan fingerprint density at radius 3 is 2.48 bits per heavy atom. The molecular weight excluding hydrogens is 350 g/mol. The lowest BCUT2D eigenvalue weighted by atomic mass is 10.0. The van der Waals surface area contributed by atoms with Crippen LogP contribution in [0.15, 0.2) is 48.5 Å². The van der Waals surface area contributed by atoms with E-state index >= 15 is 0 Å². The standard InChI is InChI=1S/C19H21N3O5/c1-12(14-6-4-3-5-7-14)11-21-18(23)13(2)27-19(24)15-8-9-16(20)17(10-15)22(25)26/h3-10,12-13H,11,20H2,1-2H3,(H,21,23)/t12-,13+/m1/s1. The SMILES string of the molecule is C[C@H](OC(=O)c1ccc(N)c([N+](=O)[O-])c1)C(=O)NC[C@@H](C)c1ccccc1. The molecule has 0 aliphatic heterocycles. The van der Waals surface area contributed by atoms with Gasteiger partial charge in [-0.05, 0) is 30.5 Å². The Balaban J connectivity index is 1.93. The molecule has 0 heterocycles. The number of anilines is 1. The van der Waals surface area contributed by atoms with E-state index in [1.165, 1.54) is 19.1 Å². The summed E-state index contributed by atoms with van der Waals surface area (Å²) in [5.41, 5.74) is 6.08. The molecule has 0 bridgehead atoms. The van der Waals surface area contributed by atoms with Crippen LogP contribution in [0.1, 0.15) is 35.7 Å². The summed E-state index contributed by atoms with van der Waals surface area (Å²) >= 11 is 0. The molecule has 0 aromatic heterocycles. The van der Waals surface area contributed by atoms with Crippen molar-refractivity contribution in [3.05, 3.63) is 69.8 Å². The van der Waals surface area contributed by atoms with Gasteiger partial charge in [-0.2, -0.15) is 0 Å². The van der Waals surface area contributed by atoms with Gasteiger partial charge in [-0.3, -0.25) is 14.9 Å². The predicted octanol–water partition coefficient (Wildman–Crippen LogP) is 2.64. The topological polar surface area (TPSA) is 125 Å². The zero-order chi connectivity index (χ0) is 20.0. The number of nitrogens with one attached hydrogen (secondary N) is 1. The number of nitrogens with two attached hydrogens (primary N) is 1.